The number of aldehydes is 1. The summed E-state index contributed by atoms with van der Waals surface area (Å²) in [6.45, 7) is 2.02. The fourth-order valence-corrected chi connectivity index (χ4v) is 2.47. The lowest BCUT2D eigenvalue weighted by molar-refractivity contribution is 0.112. The molecule has 0 fully saturated rings. The summed E-state index contributed by atoms with van der Waals surface area (Å²) in [6, 6.07) is 1.92. The summed E-state index contributed by atoms with van der Waals surface area (Å²) >= 11 is 3.25. The normalized spacial score (nSPS) is 9.80. The molecule has 0 saturated heterocycles. The Hall–Kier alpha value is -0.280. The Labute approximate surface area is 68.5 Å². The van der Waals surface area contributed by atoms with Gasteiger partial charge in [-0.15, -0.1) is 23.1 Å². The van der Waals surface area contributed by atoms with Gasteiger partial charge in [0, 0.05) is 0 Å². The molecule has 0 saturated carbocycles. The summed E-state index contributed by atoms with van der Waals surface area (Å²) in [6.07, 6.45) is 2.92. The van der Waals surface area contributed by atoms with Crippen LogP contribution in [0.2, 0.25) is 0 Å². The highest BCUT2D eigenvalue weighted by Crippen LogP contribution is 2.28. The van der Waals surface area contributed by atoms with E-state index in [0.29, 0.717) is 0 Å². The van der Waals surface area contributed by atoms with Gasteiger partial charge in [0.15, 0.2) is 6.29 Å². The van der Waals surface area contributed by atoms with Crippen LogP contribution in [-0.4, -0.2) is 12.5 Å². The van der Waals surface area contributed by atoms with Crippen LogP contribution in [0.5, 0.6) is 0 Å². The lowest BCUT2D eigenvalue weighted by Crippen LogP contribution is -1.65. The third-order valence-electron chi connectivity index (χ3n) is 1.19. The minimum atomic E-state index is 0.821. The highest BCUT2D eigenvalue weighted by Gasteiger charge is 2.01. The average Bonchev–Trinajstić information content (AvgIpc) is 2.30. The first-order valence-corrected chi connectivity index (χ1v) is 4.91. The molecule has 0 bridgehead atoms. The molecule has 0 aliphatic rings. The summed E-state index contributed by atoms with van der Waals surface area (Å²) in [7, 11) is 0. The molecule has 0 aromatic carbocycles. The molecule has 54 valence electrons. The molecule has 0 amide bonds. The van der Waals surface area contributed by atoms with Crippen molar-refractivity contribution in [3.8, 4) is 0 Å². The Morgan fingerprint density at radius 3 is 2.70 bits per heavy atom. The predicted molar refractivity (Wildman–Crippen MR) is 46.2 cm³/mol. The molecule has 0 radical (unpaired) electrons. The topological polar surface area (TPSA) is 17.1 Å². The van der Waals surface area contributed by atoms with Crippen molar-refractivity contribution < 1.29 is 4.79 Å². The van der Waals surface area contributed by atoms with Crippen LogP contribution in [0.15, 0.2) is 10.3 Å². The van der Waals surface area contributed by atoms with Crippen LogP contribution in [0.4, 0.5) is 0 Å². The van der Waals surface area contributed by atoms with Crippen LogP contribution in [0, 0.1) is 6.92 Å². The van der Waals surface area contributed by atoms with E-state index in [1.807, 2.05) is 19.2 Å². The van der Waals surface area contributed by atoms with Crippen molar-refractivity contribution in [1.82, 2.24) is 0 Å². The first-order valence-electron chi connectivity index (χ1n) is 2.87. The Morgan fingerprint density at radius 1 is 1.70 bits per heavy atom. The molecular formula is C7H8OS2. The number of aryl methyl sites for hydroxylation is 1. The van der Waals surface area contributed by atoms with E-state index in [-0.39, 0.29) is 0 Å². The molecule has 1 nitrogen and oxygen atoms in total. The largest absolute Gasteiger partial charge is 0.297 e. The van der Waals surface area contributed by atoms with E-state index in [9.17, 15) is 4.79 Å². The Bertz CT molecular complexity index is 240. The van der Waals surface area contributed by atoms with Gasteiger partial charge >= 0.3 is 0 Å². The van der Waals surface area contributed by atoms with Crippen LogP contribution in [-0.2, 0) is 0 Å². The maximum absolute atomic E-state index is 10.3. The fraction of sp³-hybridized carbons (Fsp3) is 0.286. The Kier molecular flexibility index (Phi) is 2.51. The summed E-state index contributed by atoms with van der Waals surface area (Å²) < 4.78 is 1.24. The van der Waals surface area contributed by atoms with Gasteiger partial charge in [0.1, 0.15) is 0 Å². The summed E-state index contributed by atoms with van der Waals surface area (Å²) in [5.74, 6) is 0. The molecule has 0 unspecified atom stereocenters. The molecule has 1 aromatic rings. The second-order valence-electron chi connectivity index (χ2n) is 1.94. The quantitative estimate of drug-likeness (QED) is 0.504. The molecule has 0 aliphatic carbocycles. The second kappa shape index (κ2) is 3.21. The lowest BCUT2D eigenvalue weighted by Gasteiger charge is -1.87. The van der Waals surface area contributed by atoms with Gasteiger partial charge in [-0.2, -0.15) is 0 Å². The Balaban J connectivity index is 3.03. The van der Waals surface area contributed by atoms with E-state index >= 15 is 0 Å². The minimum Gasteiger partial charge on any atom is -0.297 e. The average molecular weight is 172 g/mol. The second-order valence-corrected chi connectivity index (χ2v) is 4.10. The van der Waals surface area contributed by atoms with Crippen molar-refractivity contribution >= 4 is 29.4 Å². The SMILES string of the molecule is CSc1sc(C=O)cc1C. The van der Waals surface area contributed by atoms with Crippen molar-refractivity contribution in [2.45, 2.75) is 11.1 Å². The number of hydrogen-bond acceptors (Lipinski definition) is 3. The van der Waals surface area contributed by atoms with E-state index in [4.69, 9.17) is 0 Å². The van der Waals surface area contributed by atoms with E-state index in [1.54, 1.807) is 23.1 Å². The zero-order valence-electron chi connectivity index (χ0n) is 5.88. The molecule has 3 heteroatoms. The van der Waals surface area contributed by atoms with E-state index in [2.05, 4.69) is 0 Å². The zero-order chi connectivity index (χ0) is 7.56. The molecule has 1 aromatic heterocycles. The molecule has 1 heterocycles. The van der Waals surface area contributed by atoms with Gasteiger partial charge in [-0.05, 0) is 24.8 Å². The molecule has 0 atom stereocenters. The highest BCUT2D eigenvalue weighted by molar-refractivity contribution is 8.00. The highest BCUT2D eigenvalue weighted by atomic mass is 32.2. The standard InChI is InChI=1S/C7H8OS2/c1-5-3-6(4-8)10-7(5)9-2/h3-4H,1-2H3. The third kappa shape index (κ3) is 1.41. The first kappa shape index (κ1) is 7.82. The van der Waals surface area contributed by atoms with E-state index in [0.717, 1.165) is 11.2 Å². The third-order valence-corrected chi connectivity index (χ3v) is 3.59. The minimum absolute atomic E-state index is 0.821. The summed E-state index contributed by atoms with van der Waals surface area (Å²) in [4.78, 5) is 11.1. The fourth-order valence-electron chi connectivity index (χ4n) is 0.750. The molecule has 0 spiro atoms. The molecule has 0 N–H and O–H groups in total. The van der Waals surface area contributed by atoms with Gasteiger partial charge in [-0.25, -0.2) is 0 Å². The van der Waals surface area contributed by atoms with Crippen molar-refractivity contribution in [1.29, 1.82) is 0 Å². The number of carbonyl (C=O) groups is 1. The van der Waals surface area contributed by atoms with Gasteiger partial charge in [-0.3, -0.25) is 4.79 Å². The van der Waals surface area contributed by atoms with Gasteiger partial charge in [0.2, 0.25) is 0 Å². The number of rotatable bonds is 2. The van der Waals surface area contributed by atoms with Crippen molar-refractivity contribution in [3.05, 3.63) is 16.5 Å². The monoisotopic (exact) mass is 172 g/mol. The summed E-state index contributed by atoms with van der Waals surface area (Å²) in [5.41, 5.74) is 1.21. The van der Waals surface area contributed by atoms with Crippen LogP contribution < -0.4 is 0 Å². The van der Waals surface area contributed by atoms with Crippen LogP contribution in [0.1, 0.15) is 15.2 Å². The number of carbonyl (C=O) groups excluding carboxylic acids is 1. The van der Waals surface area contributed by atoms with Crippen LogP contribution in [0.3, 0.4) is 0 Å². The number of hydrogen-bond donors (Lipinski definition) is 0. The van der Waals surface area contributed by atoms with Crippen molar-refractivity contribution in [2.24, 2.45) is 0 Å². The summed E-state index contributed by atoms with van der Waals surface area (Å²) in [5, 5.41) is 0. The van der Waals surface area contributed by atoms with E-state index < -0.39 is 0 Å². The van der Waals surface area contributed by atoms with Gasteiger partial charge in [0.25, 0.3) is 0 Å². The number of thiophene rings is 1. The molecule has 0 aliphatic heterocycles. The van der Waals surface area contributed by atoms with E-state index in [1.165, 1.54) is 9.77 Å². The predicted octanol–water partition coefficient (Wildman–Crippen LogP) is 2.59. The molecular weight excluding hydrogens is 164 g/mol. The Morgan fingerprint density at radius 2 is 2.40 bits per heavy atom. The van der Waals surface area contributed by atoms with Crippen molar-refractivity contribution in [3.63, 3.8) is 0 Å². The molecule has 1 rings (SSSR count). The maximum Gasteiger partial charge on any atom is 0.160 e. The van der Waals surface area contributed by atoms with Gasteiger partial charge in [0.05, 0.1) is 9.09 Å². The van der Waals surface area contributed by atoms with Crippen LogP contribution in [0.25, 0.3) is 0 Å². The smallest absolute Gasteiger partial charge is 0.160 e. The van der Waals surface area contributed by atoms with Crippen LogP contribution >= 0.6 is 23.1 Å². The first-order chi connectivity index (χ1) is 4.77. The van der Waals surface area contributed by atoms with Gasteiger partial charge in [-0.1, -0.05) is 0 Å². The van der Waals surface area contributed by atoms with Crippen molar-refractivity contribution in [2.75, 3.05) is 6.26 Å². The molecule has 10 heavy (non-hydrogen) atoms. The zero-order valence-corrected chi connectivity index (χ0v) is 7.51. The van der Waals surface area contributed by atoms with Gasteiger partial charge < -0.3 is 0 Å². The number of thioether (sulfide) groups is 1. The maximum atomic E-state index is 10.3. The lowest BCUT2D eigenvalue weighted by atomic mass is 10.3.